The molecule has 0 saturated heterocycles. The zero-order valence-corrected chi connectivity index (χ0v) is 13.2. The highest BCUT2D eigenvalue weighted by Crippen LogP contribution is 2.19. The Labute approximate surface area is 140 Å². The molecule has 1 N–H and O–H groups in total. The van der Waals surface area contributed by atoms with Crippen molar-refractivity contribution >= 4 is 17.6 Å². The average Bonchev–Trinajstić information content (AvgIpc) is 2.96. The van der Waals surface area contributed by atoms with Crippen LogP contribution in [-0.4, -0.2) is 23.5 Å². The SMILES string of the molecule is CCOC(=O)/C(=C\Nc1nocc1C)C(=O)c1cc(F)c(F)cc1F. The number of esters is 1. The van der Waals surface area contributed by atoms with Crippen LogP contribution in [0.1, 0.15) is 22.8 Å². The third kappa shape index (κ3) is 4.06. The number of Topliss-reactive ketones (excluding diaryl/α,β-unsaturated/α-hetero) is 1. The van der Waals surface area contributed by atoms with Gasteiger partial charge in [-0.25, -0.2) is 18.0 Å². The summed E-state index contributed by atoms with van der Waals surface area (Å²) in [5.74, 6) is -6.22. The number of hydrogen-bond acceptors (Lipinski definition) is 6. The molecule has 2 rings (SSSR count). The minimum atomic E-state index is -1.45. The maximum atomic E-state index is 13.8. The van der Waals surface area contributed by atoms with Gasteiger partial charge in [0.2, 0.25) is 5.78 Å². The molecule has 25 heavy (non-hydrogen) atoms. The van der Waals surface area contributed by atoms with Gasteiger partial charge in [-0.3, -0.25) is 4.79 Å². The zero-order valence-electron chi connectivity index (χ0n) is 13.2. The van der Waals surface area contributed by atoms with Crippen molar-refractivity contribution in [3.05, 3.63) is 58.7 Å². The molecule has 0 aliphatic heterocycles. The number of halogens is 3. The van der Waals surface area contributed by atoms with Gasteiger partial charge in [0, 0.05) is 17.8 Å². The molecule has 0 radical (unpaired) electrons. The van der Waals surface area contributed by atoms with Gasteiger partial charge in [-0.05, 0) is 19.9 Å². The van der Waals surface area contributed by atoms with Gasteiger partial charge in [-0.1, -0.05) is 5.16 Å². The van der Waals surface area contributed by atoms with E-state index in [1.54, 1.807) is 6.92 Å². The molecule has 0 unspecified atom stereocenters. The maximum absolute atomic E-state index is 13.8. The first-order valence-corrected chi connectivity index (χ1v) is 7.09. The summed E-state index contributed by atoms with van der Waals surface area (Å²) >= 11 is 0. The topological polar surface area (TPSA) is 81.4 Å². The lowest BCUT2D eigenvalue weighted by atomic mass is 10.0. The van der Waals surface area contributed by atoms with Gasteiger partial charge in [0.05, 0.1) is 12.2 Å². The quantitative estimate of drug-likeness (QED) is 0.214. The van der Waals surface area contributed by atoms with Gasteiger partial charge in [-0.2, -0.15) is 0 Å². The predicted octanol–water partition coefficient (Wildman–Crippen LogP) is 3.14. The Morgan fingerprint density at radius 1 is 1.24 bits per heavy atom. The number of benzene rings is 1. The molecule has 0 aliphatic rings. The van der Waals surface area contributed by atoms with E-state index in [1.807, 2.05) is 0 Å². The van der Waals surface area contributed by atoms with Crippen molar-refractivity contribution in [2.45, 2.75) is 13.8 Å². The maximum Gasteiger partial charge on any atom is 0.343 e. The molecule has 2 aromatic rings. The Morgan fingerprint density at radius 2 is 1.92 bits per heavy atom. The number of carbonyl (C=O) groups excluding carboxylic acids is 2. The van der Waals surface area contributed by atoms with Gasteiger partial charge < -0.3 is 14.6 Å². The van der Waals surface area contributed by atoms with E-state index in [2.05, 4.69) is 15.0 Å². The highest BCUT2D eigenvalue weighted by molar-refractivity contribution is 6.24. The van der Waals surface area contributed by atoms with Crippen molar-refractivity contribution in [1.82, 2.24) is 5.16 Å². The summed E-state index contributed by atoms with van der Waals surface area (Å²) in [4.78, 5) is 24.4. The fourth-order valence-electron chi connectivity index (χ4n) is 1.83. The van der Waals surface area contributed by atoms with Crippen LogP contribution in [-0.2, 0) is 9.53 Å². The summed E-state index contributed by atoms with van der Waals surface area (Å²) in [6.45, 7) is 3.10. The molecular weight excluding hydrogens is 341 g/mol. The first-order valence-electron chi connectivity index (χ1n) is 7.09. The first kappa shape index (κ1) is 18.2. The fraction of sp³-hybridized carbons (Fsp3) is 0.188. The molecule has 6 nitrogen and oxygen atoms in total. The van der Waals surface area contributed by atoms with E-state index in [0.717, 1.165) is 6.20 Å². The van der Waals surface area contributed by atoms with Crippen LogP contribution in [0.2, 0.25) is 0 Å². The lowest BCUT2D eigenvalue weighted by Gasteiger charge is -2.08. The van der Waals surface area contributed by atoms with Crippen molar-refractivity contribution in [3.8, 4) is 0 Å². The van der Waals surface area contributed by atoms with E-state index in [4.69, 9.17) is 4.74 Å². The van der Waals surface area contributed by atoms with E-state index in [9.17, 15) is 22.8 Å². The molecular formula is C16H13F3N2O4. The van der Waals surface area contributed by atoms with Gasteiger partial charge in [0.25, 0.3) is 0 Å². The van der Waals surface area contributed by atoms with Crippen molar-refractivity contribution < 1.29 is 32.0 Å². The molecule has 1 heterocycles. The van der Waals surface area contributed by atoms with Crippen molar-refractivity contribution in [2.24, 2.45) is 0 Å². The van der Waals surface area contributed by atoms with E-state index < -0.39 is 40.3 Å². The summed E-state index contributed by atoms with van der Waals surface area (Å²) in [5.41, 5.74) is -0.850. The molecule has 0 aliphatic carbocycles. The number of ketones is 1. The second kappa shape index (κ2) is 7.65. The number of aryl methyl sites for hydroxylation is 1. The minimum absolute atomic E-state index is 0.0489. The van der Waals surface area contributed by atoms with Crippen LogP contribution in [0.3, 0.4) is 0 Å². The van der Waals surface area contributed by atoms with Gasteiger partial charge in [0.1, 0.15) is 17.7 Å². The number of ether oxygens (including phenoxy) is 1. The van der Waals surface area contributed by atoms with Crippen LogP contribution in [0.5, 0.6) is 0 Å². The summed E-state index contributed by atoms with van der Waals surface area (Å²) < 4.78 is 49.6. The van der Waals surface area contributed by atoms with Gasteiger partial charge in [-0.15, -0.1) is 0 Å². The van der Waals surface area contributed by atoms with Gasteiger partial charge >= 0.3 is 5.97 Å². The number of anilines is 1. The van der Waals surface area contributed by atoms with E-state index in [0.29, 0.717) is 11.6 Å². The van der Waals surface area contributed by atoms with Crippen LogP contribution in [0, 0.1) is 24.4 Å². The lowest BCUT2D eigenvalue weighted by Crippen LogP contribution is -2.19. The molecule has 0 spiro atoms. The van der Waals surface area contributed by atoms with E-state index >= 15 is 0 Å². The second-order valence-electron chi connectivity index (χ2n) is 4.84. The molecule has 0 saturated carbocycles. The third-order valence-electron chi connectivity index (χ3n) is 3.09. The van der Waals surface area contributed by atoms with E-state index in [-0.39, 0.29) is 18.5 Å². The Balaban J connectivity index is 2.41. The largest absolute Gasteiger partial charge is 0.462 e. The molecule has 1 aromatic heterocycles. The molecule has 0 fully saturated rings. The van der Waals surface area contributed by atoms with Crippen LogP contribution in [0.25, 0.3) is 0 Å². The summed E-state index contributed by atoms with van der Waals surface area (Å²) in [5, 5.41) is 6.14. The molecule has 0 atom stereocenters. The Morgan fingerprint density at radius 3 is 2.52 bits per heavy atom. The minimum Gasteiger partial charge on any atom is -0.462 e. The van der Waals surface area contributed by atoms with Crippen LogP contribution >= 0.6 is 0 Å². The number of aromatic nitrogens is 1. The smallest absolute Gasteiger partial charge is 0.343 e. The molecule has 132 valence electrons. The summed E-state index contributed by atoms with van der Waals surface area (Å²) in [7, 11) is 0. The van der Waals surface area contributed by atoms with Crippen molar-refractivity contribution in [1.29, 1.82) is 0 Å². The highest BCUT2D eigenvalue weighted by Gasteiger charge is 2.25. The summed E-state index contributed by atoms with van der Waals surface area (Å²) in [6, 6.07) is 0.599. The van der Waals surface area contributed by atoms with Gasteiger partial charge in [0.15, 0.2) is 17.5 Å². The number of carbonyl (C=O) groups is 2. The third-order valence-corrected chi connectivity index (χ3v) is 3.09. The Bertz CT molecular complexity index is 846. The molecule has 0 bridgehead atoms. The standard InChI is InChI=1S/C16H13F3N2O4/c1-3-24-16(23)10(6-20-15-8(2)7-25-21-15)14(22)9-4-12(18)13(19)5-11(9)17/h4-7H,3H2,1-2H3,(H,20,21)/b10-6-. The highest BCUT2D eigenvalue weighted by atomic mass is 19.2. The number of hydrogen-bond donors (Lipinski definition) is 1. The van der Waals surface area contributed by atoms with Crippen molar-refractivity contribution in [3.63, 3.8) is 0 Å². The lowest BCUT2D eigenvalue weighted by molar-refractivity contribution is -0.138. The Hall–Kier alpha value is -3.10. The molecule has 0 amide bonds. The van der Waals surface area contributed by atoms with E-state index in [1.165, 1.54) is 13.2 Å². The number of nitrogens with one attached hydrogen (secondary N) is 1. The summed E-state index contributed by atoms with van der Waals surface area (Å²) in [6.07, 6.45) is 2.25. The monoisotopic (exact) mass is 354 g/mol. The Kier molecular flexibility index (Phi) is 5.58. The second-order valence-corrected chi connectivity index (χ2v) is 4.84. The molecule has 9 heteroatoms. The van der Waals surface area contributed by atoms with Crippen LogP contribution < -0.4 is 5.32 Å². The number of rotatable bonds is 6. The number of nitrogens with zero attached hydrogens (tertiary/aromatic N) is 1. The van der Waals surface area contributed by atoms with Crippen LogP contribution in [0.4, 0.5) is 19.0 Å². The predicted molar refractivity (Wildman–Crippen MR) is 80.2 cm³/mol. The van der Waals surface area contributed by atoms with Crippen LogP contribution in [0.15, 0.2) is 34.7 Å². The normalized spacial score (nSPS) is 11.3. The van der Waals surface area contributed by atoms with Crippen molar-refractivity contribution in [2.75, 3.05) is 11.9 Å². The average molecular weight is 354 g/mol. The fourth-order valence-corrected chi connectivity index (χ4v) is 1.83. The first-order chi connectivity index (χ1) is 11.8. The zero-order chi connectivity index (χ0) is 18.6. The molecule has 1 aromatic carbocycles.